The fraction of sp³-hybridized carbons (Fsp3) is 0.333. The number of hydrogen-bond donors (Lipinski definition) is 2. The standard InChI is InChI=1S/C9H13NO2/c1-2-12-8-5-3-7(4-6-8)9(10)11/h3-6,9,11H,2,10H2,1H3. The van der Waals surface area contributed by atoms with Crippen molar-refractivity contribution in [3.8, 4) is 5.75 Å². The van der Waals surface area contributed by atoms with Crippen LogP contribution in [-0.2, 0) is 0 Å². The highest BCUT2D eigenvalue weighted by molar-refractivity contribution is 5.27. The van der Waals surface area contributed by atoms with Gasteiger partial charge in [0.15, 0.2) is 0 Å². The summed E-state index contributed by atoms with van der Waals surface area (Å²) in [7, 11) is 0. The molecule has 0 amide bonds. The molecule has 1 unspecified atom stereocenters. The molecule has 0 saturated heterocycles. The summed E-state index contributed by atoms with van der Waals surface area (Å²) in [5, 5.41) is 8.98. The zero-order chi connectivity index (χ0) is 8.97. The molecule has 1 aromatic carbocycles. The zero-order valence-corrected chi connectivity index (χ0v) is 7.03. The molecule has 0 aromatic heterocycles. The van der Waals surface area contributed by atoms with Crippen molar-refractivity contribution < 1.29 is 9.84 Å². The first kappa shape index (κ1) is 9.03. The van der Waals surface area contributed by atoms with Crippen molar-refractivity contribution in [1.29, 1.82) is 0 Å². The molecule has 3 nitrogen and oxygen atoms in total. The first-order valence-corrected chi connectivity index (χ1v) is 3.90. The van der Waals surface area contributed by atoms with E-state index < -0.39 is 6.23 Å². The van der Waals surface area contributed by atoms with Gasteiger partial charge in [0.1, 0.15) is 12.0 Å². The number of nitrogens with two attached hydrogens (primary N) is 1. The molecule has 0 aliphatic carbocycles. The predicted octanol–water partition coefficient (Wildman–Crippen LogP) is 1.03. The van der Waals surface area contributed by atoms with Gasteiger partial charge in [-0.25, -0.2) is 0 Å². The lowest BCUT2D eigenvalue weighted by Gasteiger charge is -2.06. The number of rotatable bonds is 3. The summed E-state index contributed by atoms with van der Waals surface area (Å²) < 4.78 is 5.22. The zero-order valence-electron chi connectivity index (χ0n) is 7.03. The quantitative estimate of drug-likeness (QED) is 0.661. The van der Waals surface area contributed by atoms with E-state index in [0.717, 1.165) is 5.75 Å². The molecule has 1 rings (SSSR count). The molecule has 0 spiro atoms. The van der Waals surface area contributed by atoms with Crippen LogP contribution in [0.3, 0.4) is 0 Å². The third kappa shape index (κ3) is 2.22. The largest absolute Gasteiger partial charge is 0.494 e. The van der Waals surface area contributed by atoms with E-state index in [4.69, 9.17) is 15.6 Å². The smallest absolute Gasteiger partial charge is 0.128 e. The van der Waals surface area contributed by atoms with E-state index in [9.17, 15) is 0 Å². The van der Waals surface area contributed by atoms with Crippen molar-refractivity contribution in [2.75, 3.05) is 6.61 Å². The molecular formula is C9H13NO2. The maximum Gasteiger partial charge on any atom is 0.128 e. The van der Waals surface area contributed by atoms with Gasteiger partial charge in [0.2, 0.25) is 0 Å². The van der Waals surface area contributed by atoms with Crippen LogP contribution in [0.2, 0.25) is 0 Å². The molecule has 3 heteroatoms. The van der Waals surface area contributed by atoms with Gasteiger partial charge in [0, 0.05) is 0 Å². The number of aliphatic hydroxyl groups excluding tert-OH is 1. The van der Waals surface area contributed by atoms with Gasteiger partial charge in [0.25, 0.3) is 0 Å². The minimum Gasteiger partial charge on any atom is -0.494 e. The van der Waals surface area contributed by atoms with E-state index in [1.54, 1.807) is 24.3 Å². The Morgan fingerprint density at radius 3 is 2.42 bits per heavy atom. The predicted molar refractivity (Wildman–Crippen MR) is 46.8 cm³/mol. The lowest BCUT2D eigenvalue weighted by molar-refractivity contribution is 0.186. The van der Waals surface area contributed by atoms with E-state index in [0.29, 0.717) is 12.2 Å². The second-order valence-corrected chi connectivity index (χ2v) is 2.45. The van der Waals surface area contributed by atoms with Gasteiger partial charge in [0.05, 0.1) is 6.61 Å². The second kappa shape index (κ2) is 4.09. The van der Waals surface area contributed by atoms with Crippen LogP contribution in [0.15, 0.2) is 24.3 Å². The minimum atomic E-state index is -0.902. The molecule has 1 atom stereocenters. The van der Waals surface area contributed by atoms with E-state index in [2.05, 4.69) is 0 Å². The Morgan fingerprint density at radius 2 is 2.00 bits per heavy atom. The molecule has 1 aromatic rings. The molecule has 0 bridgehead atoms. The maximum atomic E-state index is 8.98. The van der Waals surface area contributed by atoms with Crippen LogP contribution in [-0.4, -0.2) is 11.7 Å². The number of hydrogen-bond acceptors (Lipinski definition) is 3. The summed E-state index contributed by atoms with van der Waals surface area (Å²) in [5.74, 6) is 0.793. The van der Waals surface area contributed by atoms with E-state index >= 15 is 0 Å². The average Bonchev–Trinajstić information content (AvgIpc) is 2.06. The van der Waals surface area contributed by atoms with Crippen LogP contribution in [0.25, 0.3) is 0 Å². The number of benzene rings is 1. The van der Waals surface area contributed by atoms with Gasteiger partial charge < -0.3 is 15.6 Å². The molecule has 0 radical (unpaired) electrons. The molecule has 0 fully saturated rings. The Balaban J connectivity index is 2.71. The lowest BCUT2D eigenvalue weighted by atomic mass is 10.2. The topological polar surface area (TPSA) is 55.5 Å². The number of aliphatic hydroxyl groups is 1. The lowest BCUT2D eigenvalue weighted by Crippen LogP contribution is -2.07. The summed E-state index contributed by atoms with van der Waals surface area (Å²) in [4.78, 5) is 0. The van der Waals surface area contributed by atoms with Gasteiger partial charge >= 0.3 is 0 Å². The van der Waals surface area contributed by atoms with Crippen molar-refractivity contribution in [3.05, 3.63) is 29.8 Å². The van der Waals surface area contributed by atoms with E-state index in [1.807, 2.05) is 6.92 Å². The van der Waals surface area contributed by atoms with Gasteiger partial charge in [-0.15, -0.1) is 0 Å². The molecular weight excluding hydrogens is 154 g/mol. The van der Waals surface area contributed by atoms with Gasteiger partial charge in [-0.1, -0.05) is 12.1 Å². The molecule has 0 aliphatic heterocycles. The highest BCUT2D eigenvalue weighted by Crippen LogP contribution is 2.14. The average molecular weight is 167 g/mol. The van der Waals surface area contributed by atoms with Crippen molar-refractivity contribution >= 4 is 0 Å². The molecule has 3 N–H and O–H groups in total. The van der Waals surface area contributed by atoms with Crippen LogP contribution in [0, 0.1) is 0 Å². The molecule has 0 saturated carbocycles. The van der Waals surface area contributed by atoms with Crippen LogP contribution < -0.4 is 10.5 Å². The Bertz CT molecular complexity index is 231. The molecule has 0 heterocycles. The van der Waals surface area contributed by atoms with Crippen LogP contribution in [0.5, 0.6) is 5.75 Å². The Labute approximate surface area is 71.8 Å². The third-order valence-electron chi connectivity index (χ3n) is 1.53. The first-order chi connectivity index (χ1) is 5.74. The van der Waals surface area contributed by atoms with Crippen LogP contribution >= 0.6 is 0 Å². The fourth-order valence-corrected chi connectivity index (χ4v) is 0.928. The Morgan fingerprint density at radius 1 is 1.42 bits per heavy atom. The summed E-state index contributed by atoms with van der Waals surface area (Å²) in [5.41, 5.74) is 5.95. The Kier molecular flexibility index (Phi) is 3.08. The summed E-state index contributed by atoms with van der Waals surface area (Å²) in [6.45, 7) is 2.57. The second-order valence-electron chi connectivity index (χ2n) is 2.45. The summed E-state index contributed by atoms with van der Waals surface area (Å²) in [6.07, 6.45) is -0.902. The van der Waals surface area contributed by atoms with Gasteiger partial charge in [-0.3, -0.25) is 0 Å². The maximum absolute atomic E-state index is 8.98. The van der Waals surface area contributed by atoms with Crippen molar-refractivity contribution in [1.82, 2.24) is 0 Å². The van der Waals surface area contributed by atoms with Crippen molar-refractivity contribution in [3.63, 3.8) is 0 Å². The normalized spacial score (nSPS) is 12.6. The summed E-state index contributed by atoms with van der Waals surface area (Å²) in [6, 6.07) is 7.06. The summed E-state index contributed by atoms with van der Waals surface area (Å²) >= 11 is 0. The third-order valence-corrected chi connectivity index (χ3v) is 1.53. The van der Waals surface area contributed by atoms with Crippen molar-refractivity contribution in [2.45, 2.75) is 13.2 Å². The SMILES string of the molecule is CCOc1ccc(C(N)O)cc1. The van der Waals surface area contributed by atoms with E-state index in [1.165, 1.54) is 0 Å². The van der Waals surface area contributed by atoms with Crippen LogP contribution in [0.1, 0.15) is 18.7 Å². The monoisotopic (exact) mass is 167 g/mol. The first-order valence-electron chi connectivity index (χ1n) is 3.90. The van der Waals surface area contributed by atoms with Gasteiger partial charge in [-0.2, -0.15) is 0 Å². The number of ether oxygens (including phenoxy) is 1. The minimum absolute atomic E-state index is 0.643. The Hall–Kier alpha value is -1.06. The molecule has 66 valence electrons. The molecule has 0 aliphatic rings. The molecule has 12 heavy (non-hydrogen) atoms. The highest BCUT2D eigenvalue weighted by atomic mass is 16.5. The highest BCUT2D eigenvalue weighted by Gasteiger charge is 1.99. The fourth-order valence-electron chi connectivity index (χ4n) is 0.928. The van der Waals surface area contributed by atoms with Crippen molar-refractivity contribution in [2.24, 2.45) is 5.73 Å². The van der Waals surface area contributed by atoms with E-state index in [-0.39, 0.29) is 0 Å². The van der Waals surface area contributed by atoms with Gasteiger partial charge in [-0.05, 0) is 24.6 Å². The van der Waals surface area contributed by atoms with Crippen LogP contribution in [0.4, 0.5) is 0 Å².